The third-order valence-electron chi connectivity index (χ3n) is 3.59. The first-order valence-electron chi connectivity index (χ1n) is 8.14. The molecule has 3 N–H and O–H groups in total. The zero-order chi connectivity index (χ0) is 21.4. The second kappa shape index (κ2) is 9.74. The molecule has 0 atom stereocenters. The van der Waals surface area contributed by atoms with Crippen LogP contribution in [0.25, 0.3) is 0 Å². The standard InChI is InChI=1S/C19H19N3O7/c1-26-14-8-12(9-15(27-2)16(14)28-3)19(25)29-13-6-4-11(5-7-13)10-21-22-18(24)17(20)23/h4-10H,1-3H3,(H2,20,23)(H,22,24). The van der Waals surface area contributed by atoms with Gasteiger partial charge < -0.3 is 24.7 Å². The highest BCUT2D eigenvalue weighted by Crippen LogP contribution is 2.38. The highest BCUT2D eigenvalue weighted by molar-refractivity contribution is 6.34. The van der Waals surface area contributed by atoms with Crippen LogP contribution in [0.3, 0.4) is 0 Å². The smallest absolute Gasteiger partial charge is 0.343 e. The summed E-state index contributed by atoms with van der Waals surface area (Å²) in [6, 6.07) is 9.22. The molecule has 0 bridgehead atoms. The van der Waals surface area contributed by atoms with Crippen molar-refractivity contribution in [2.24, 2.45) is 10.8 Å². The Bertz CT molecular complexity index is 914. The first-order valence-corrected chi connectivity index (χ1v) is 8.14. The predicted octanol–water partition coefficient (Wildman–Crippen LogP) is 0.867. The molecular weight excluding hydrogens is 382 g/mol. The maximum absolute atomic E-state index is 12.5. The fraction of sp³-hybridized carbons (Fsp3) is 0.158. The predicted molar refractivity (Wildman–Crippen MR) is 102 cm³/mol. The number of hydrogen-bond acceptors (Lipinski definition) is 8. The summed E-state index contributed by atoms with van der Waals surface area (Å²) < 4.78 is 21.0. The van der Waals surface area contributed by atoms with Gasteiger partial charge in [0.1, 0.15) is 5.75 Å². The summed E-state index contributed by atoms with van der Waals surface area (Å²) in [5.41, 5.74) is 7.55. The van der Waals surface area contributed by atoms with Crippen molar-refractivity contribution in [2.45, 2.75) is 0 Å². The van der Waals surface area contributed by atoms with Crippen LogP contribution in [0.15, 0.2) is 41.5 Å². The number of esters is 1. The second-order valence-electron chi connectivity index (χ2n) is 5.44. The Morgan fingerprint density at radius 1 is 0.966 bits per heavy atom. The summed E-state index contributed by atoms with van der Waals surface area (Å²) in [4.78, 5) is 34.0. The molecule has 0 fully saturated rings. The van der Waals surface area contributed by atoms with E-state index >= 15 is 0 Å². The van der Waals surface area contributed by atoms with Crippen LogP contribution in [0.1, 0.15) is 15.9 Å². The Labute approximate surface area is 166 Å². The van der Waals surface area contributed by atoms with E-state index in [0.29, 0.717) is 22.8 Å². The van der Waals surface area contributed by atoms with Gasteiger partial charge in [0, 0.05) is 0 Å². The maximum atomic E-state index is 12.5. The lowest BCUT2D eigenvalue weighted by Gasteiger charge is -2.13. The molecule has 0 saturated heterocycles. The van der Waals surface area contributed by atoms with Crippen molar-refractivity contribution in [1.29, 1.82) is 0 Å². The van der Waals surface area contributed by atoms with E-state index in [4.69, 9.17) is 24.7 Å². The lowest BCUT2D eigenvalue weighted by Crippen LogP contribution is -2.32. The Balaban J connectivity index is 2.10. The molecule has 0 aliphatic rings. The average Bonchev–Trinajstić information content (AvgIpc) is 2.73. The number of rotatable bonds is 7. The molecule has 0 aromatic heterocycles. The SMILES string of the molecule is COc1cc(C(=O)Oc2ccc(C=NNC(=O)C(N)=O)cc2)cc(OC)c1OC. The van der Waals surface area contributed by atoms with E-state index in [1.807, 2.05) is 5.43 Å². The van der Waals surface area contributed by atoms with E-state index < -0.39 is 17.8 Å². The van der Waals surface area contributed by atoms with Gasteiger partial charge in [0.15, 0.2) is 11.5 Å². The van der Waals surface area contributed by atoms with Crippen LogP contribution in [0.2, 0.25) is 0 Å². The summed E-state index contributed by atoms with van der Waals surface area (Å²) >= 11 is 0. The fourth-order valence-electron chi connectivity index (χ4n) is 2.21. The summed E-state index contributed by atoms with van der Waals surface area (Å²) in [5.74, 6) is -1.51. The molecule has 2 aromatic carbocycles. The van der Waals surface area contributed by atoms with Crippen LogP contribution in [0.4, 0.5) is 0 Å². The van der Waals surface area contributed by atoms with Crippen molar-refractivity contribution < 1.29 is 33.3 Å². The van der Waals surface area contributed by atoms with Gasteiger partial charge in [0.25, 0.3) is 0 Å². The summed E-state index contributed by atoms with van der Waals surface area (Å²) in [6.07, 6.45) is 1.30. The third kappa shape index (κ3) is 5.45. The van der Waals surface area contributed by atoms with Crippen LogP contribution >= 0.6 is 0 Å². The topological polar surface area (TPSA) is 139 Å². The highest BCUT2D eigenvalue weighted by Gasteiger charge is 2.18. The average molecular weight is 401 g/mol. The number of nitrogens with one attached hydrogen (secondary N) is 1. The molecule has 10 nitrogen and oxygen atoms in total. The van der Waals surface area contributed by atoms with Crippen molar-refractivity contribution in [2.75, 3.05) is 21.3 Å². The monoisotopic (exact) mass is 401 g/mol. The van der Waals surface area contributed by atoms with Crippen LogP contribution in [-0.4, -0.2) is 45.3 Å². The molecule has 0 spiro atoms. The quantitative estimate of drug-likeness (QED) is 0.231. The summed E-state index contributed by atoms with van der Waals surface area (Å²) in [5, 5.41) is 3.58. The molecule has 152 valence electrons. The Morgan fingerprint density at radius 2 is 1.55 bits per heavy atom. The first-order chi connectivity index (χ1) is 13.9. The normalized spacial score (nSPS) is 10.3. The van der Waals surface area contributed by atoms with Gasteiger partial charge >= 0.3 is 17.8 Å². The van der Waals surface area contributed by atoms with Crippen molar-refractivity contribution in [3.63, 3.8) is 0 Å². The van der Waals surface area contributed by atoms with Crippen LogP contribution in [0.5, 0.6) is 23.0 Å². The van der Waals surface area contributed by atoms with Gasteiger partial charge in [-0.3, -0.25) is 9.59 Å². The van der Waals surface area contributed by atoms with Crippen molar-refractivity contribution in [3.05, 3.63) is 47.5 Å². The third-order valence-corrected chi connectivity index (χ3v) is 3.59. The van der Waals surface area contributed by atoms with Crippen LogP contribution in [-0.2, 0) is 9.59 Å². The molecule has 2 aromatic rings. The Morgan fingerprint density at radius 3 is 2.03 bits per heavy atom. The molecule has 0 aliphatic heterocycles. The number of carbonyl (C=O) groups is 3. The lowest BCUT2D eigenvalue weighted by atomic mass is 10.2. The van der Waals surface area contributed by atoms with E-state index in [1.165, 1.54) is 51.8 Å². The van der Waals surface area contributed by atoms with Gasteiger partial charge in [0.2, 0.25) is 5.75 Å². The van der Waals surface area contributed by atoms with Gasteiger partial charge in [-0.05, 0) is 42.0 Å². The molecule has 0 radical (unpaired) electrons. The van der Waals surface area contributed by atoms with E-state index in [-0.39, 0.29) is 11.3 Å². The van der Waals surface area contributed by atoms with Gasteiger partial charge in [0.05, 0.1) is 33.1 Å². The van der Waals surface area contributed by atoms with Gasteiger partial charge in [-0.25, -0.2) is 10.2 Å². The largest absolute Gasteiger partial charge is 0.493 e. The van der Waals surface area contributed by atoms with Crippen molar-refractivity contribution >= 4 is 24.0 Å². The van der Waals surface area contributed by atoms with E-state index in [2.05, 4.69) is 5.10 Å². The molecule has 0 saturated carbocycles. The molecule has 2 amide bonds. The van der Waals surface area contributed by atoms with E-state index in [0.717, 1.165) is 0 Å². The molecule has 0 heterocycles. The number of carbonyl (C=O) groups excluding carboxylic acids is 3. The van der Waals surface area contributed by atoms with Gasteiger partial charge in [-0.2, -0.15) is 5.10 Å². The number of methoxy groups -OCH3 is 3. The maximum Gasteiger partial charge on any atom is 0.343 e. The molecule has 10 heteroatoms. The number of benzene rings is 2. The number of hydrogen-bond donors (Lipinski definition) is 2. The zero-order valence-corrected chi connectivity index (χ0v) is 15.9. The number of nitrogens with two attached hydrogens (primary N) is 1. The minimum absolute atomic E-state index is 0.208. The summed E-state index contributed by atoms with van der Waals surface area (Å²) in [7, 11) is 4.35. The number of ether oxygens (including phenoxy) is 4. The fourth-order valence-corrected chi connectivity index (χ4v) is 2.21. The Kier molecular flexibility index (Phi) is 7.13. The van der Waals surface area contributed by atoms with Gasteiger partial charge in [-0.1, -0.05) is 0 Å². The van der Waals surface area contributed by atoms with Gasteiger partial charge in [-0.15, -0.1) is 0 Å². The number of nitrogens with zero attached hydrogens (tertiary/aromatic N) is 1. The molecule has 0 unspecified atom stereocenters. The van der Waals surface area contributed by atoms with Crippen molar-refractivity contribution in [1.82, 2.24) is 5.43 Å². The van der Waals surface area contributed by atoms with Crippen LogP contribution in [0, 0.1) is 0 Å². The minimum Gasteiger partial charge on any atom is -0.493 e. The molecular formula is C19H19N3O7. The van der Waals surface area contributed by atoms with Crippen molar-refractivity contribution in [3.8, 4) is 23.0 Å². The van der Waals surface area contributed by atoms with E-state index in [1.54, 1.807) is 12.1 Å². The Hall–Kier alpha value is -4.08. The highest BCUT2D eigenvalue weighted by atomic mass is 16.5. The second-order valence-corrected chi connectivity index (χ2v) is 5.44. The lowest BCUT2D eigenvalue weighted by molar-refractivity contribution is -0.137. The molecule has 2 rings (SSSR count). The van der Waals surface area contributed by atoms with Crippen LogP contribution < -0.4 is 30.1 Å². The minimum atomic E-state index is -1.14. The molecule has 0 aliphatic carbocycles. The first kappa shape index (κ1) is 21.2. The zero-order valence-electron chi connectivity index (χ0n) is 15.9. The molecule has 29 heavy (non-hydrogen) atoms. The van der Waals surface area contributed by atoms with E-state index in [9.17, 15) is 14.4 Å². The number of hydrazone groups is 1. The summed E-state index contributed by atoms with van der Waals surface area (Å²) in [6.45, 7) is 0. The number of amides is 2. The number of primary amides is 1.